The monoisotopic (exact) mass is 138 g/mol. The first-order valence-electron chi connectivity index (χ1n) is 3.30. The Hall–Kier alpha value is -0.970. The molecule has 0 aliphatic carbocycles. The number of hydrogen-bond acceptors (Lipinski definition) is 2. The van der Waals surface area contributed by atoms with Crippen molar-refractivity contribution < 1.29 is 0 Å². The Morgan fingerprint density at radius 1 is 1.60 bits per heavy atom. The van der Waals surface area contributed by atoms with Gasteiger partial charge < -0.3 is 5.73 Å². The maximum absolute atomic E-state index is 8.38. The van der Waals surface area contributed by atoms with E-state index in [1.54, 1.807) is 0 Å². The van der Waals surface area contributed by atoms with Crippen molar-refractivity contribution in [2.24, 2.45) is 11.1 Å². The molecule has 56 valence electrons. The van der Waals surface area contributed by atoms with Crippen LogP contribution < -0.4 is 5.73 Å². The first-order chi connectivity index (χ1) is 4.52. The fourth-order valence-electron chi connectivity index (χ4n) is 0.659. The van der Waals surface area contributed by atoms with Crippen LogP contribution in [-0.4, -0.2) is 0 Å². The van der Waals surface area contributed by atoms with Crippen molar-refractivity contribution in [3.05, 3.63) is 11.8 Å². The standard InChI is InChI=1S/C8H14N2/c1-8(2,3)7(6-10)4-5-9/h6H,4,10H2,1-3H3/b7-6-. The summed E-state index contributed by atoms with van der Waals surface area (Å²) in [5.74, 6) is 0. The quantitative estimate of drug-likeness (QED) is 0.600. The van der Waals surface area contributed by atoms with Crippen molar-refractivity contribution in [3.8, 4) is 6.07 Å². The summed E-state index contributed by atoms with van der Waals surface area (Å²) >= 11 is 0. The largest absolute Gasteiger partial charge is 0.405 e. The van der Waals surface area contributed by atoms with Gasteiger partial charge in [-0.3, -0.25) is 0 Å². The smallest absolute Gasteiger partial charge is 0.0667 e. The molecule has 0 aliphatic heterocycles. The molecule has 0 unspecified atom stereocenters. The third kappa shape index (κ3) is 2.54. The summed E-state index contributed by atoms with van der Waals surface area (Å²) in [6.07, 6.45) is 1.96. The summed E-state index contributed by atoms with van der Waals surface area (Å²) in [6.45, 7) is 6.13. The predicted octanol–water partition coefficient (Wildman–Crippen LogP) is 1.79. The summed E-state index contributed by atoms with van der Waals surface area (Å²) in [5, 5.41) is 8.38. The first kappa shape index (κ1) is 9.03. The van der Waals surface area contributed by atoms with E-state index in [-0.39, 0.29) is 5.41 Å². The first-order valence-corrected chi connectivity index (χ1v) is 3.30. The molecule has 0 atom stereocenters. The molecule has 0 saturated carbocycles. The van der Waals surface area contributed by atoms with E-state index in [9.17, 15) is 0 Å². The fourth-order valence-corrected chi connectivity index (χ4v) is 0.659. The van der Waals surface area contributed by atoms with Crippen molar-refractivity contribution in [1.82, 2.24) is 0 Å². The van der Waals surface area contributed by atoms with Crippen LogP contribution in [0.4, 0.5) is 0 Å². The van der Waals surface area contributed by atoms with Gasteiger partial charge >= 0.3 is 0 Å². The number of nitrogens with zero attached hydrogens (tertiary/aromatic N) is 1. The average molecular weight is 138 g/mol. The SMILES string of the molecule is CC(C)(C)/C(=C\N)CC#N. The molecule has 10 heavy (non-hydrogen) atoms. The lowest BCUT2D eigenvalue weighted by Crippen LogP contribution is -2.10. The van der Waals surface area contributed by atoms with E-state index < -0.39 is 0 Å². The summed E-state index contributed by atoms with van der Waals surface area (Å²) < 4.78 is 0. The summed E-state index contributed by atoms with van der Waals surface area (Å²) in [5.41, 5.74) is 6.36. The number of nitriles is 1. The third-order valence-corrected chi connectivity index (χ3v) is 1.43. The topological polar surface area (TPSA) is 49.8 Å². The van der Waals surface area contributed by atoms with Gasteiger partial charge in [-0.15, -0.1) is 0 Å². The lowest BCUT2D eigenvalue weighted by Gasteiger charge is -2.19. The van der Waals surface area contributed by atoms with Gasteiger partial charge in [0.1, 0.15) is 0 Å². The van der Waals surface area contributed by atoms with Gasteiger partial charge in [0, 0.05) is 0 Å². The van der Waals surface area contributed by atoms with Crippen LogP contribution in [-0.2, 0) is 0 Å². The molecule has 0 rings (SSSR count). The zero-order valence-electron chi connectivity index (χ0n) is 6.81. The highest BCUT2D eigenvalue weighted by Gasteiger charge is 2.15. The van der Waals surface area contributed by atoms with Crippen LogP contribution in [0.3, 0.4) is 0 Å². The summed E-state index contributed by atoms with van der Waals surface area (Å²) in [6, 6.07) is 2.08. The molecule has 0 spiro atoms. The van der Waals surface area contributed by atoms with Gasteiger partial charge in [0.05, 0.1) is 12.5 Å². The second kappa shape index (κ2) is 3.26. The summed E-state index contributed by atoms with van der Waals surface area (Å²) in [4.78, 5) is 0. The van der Waals surface area contributed by atoms with Crippen molar-refractivity contribution in [1.29, 1.82) is 5.26 Å². The molecule has 0 bridgehead atoms. The van der Waals surface area contributed by atoms with Crippen LogP contribution in [0.2, 0.25) is 0 Å². The zero-order chi connectivity index (χ0) is 8.20. The molecule has 0 heterocycles. The van der Waals surface area contributed by atoms with Crippen LogP contribution in [0.15, 0.2) is 11.8 Å². The highest BCUT2D eigenvalue weighted by molar-refractivity contribution is 5.13. The van der Waals surface area contributed by atoms with Crippen molar-refractivity contribution in [3.63, 3.8) is 0 Å². The van der Waals surface area contributed by atoms with E-state index in [0.29, 0.717) is 6.42 Å². The Labute approximate surface area is 62.3 Å². The minimum Gasteiger partial charge on any atom is -0.405 e. The number of nitrogens with two attached hydrogens (primary N) is 1. The molecule has 0 aliphatic rings. The highest BCUT2D eigenvalue weighted by atomic mass is 14.5. The molecular weight excluding hydrogens is 124 g/mol. The molecule has 0 fully saturated rings. The molecule has 2 N–H and O–H groups in total. The average Bonchev–Trinajstić information content (AvgIpc) is 1.80. The second-order valence-electron chi connectivity index (χ2n) is 3.28. The number of hydrogen-bond donors (Lipinski definition) is 1. The van der Waals surface area contributed by atoms with E-state index in [4.69, 9.17) is 11.0 Å². The number of allylic oxidation sites excluding steroid dienone is 1. The van der Waals surface area contributed by atoms with Gasteiger partial charge in [0.15, 0.2) is 0 Å². The lowest BCUT2D eigenvalue weighted by molar-refractivity contribution is 0.493. The second-order valence-corrected chi connectivity index (χ2v) is 3.28. The predicted molar refractivity (Wildman–Crippen MR) is 42.0 cm³/mol. The molecule has 0 aromatic carbocycles. The minimum absolute atomic E-state index is 0.0322. The zero-order valence-corrected chi connectivity index (χ0v) is 6.81. The van der Waals surface area contributed by atoms with Gasteiger partial charge in [-0.05, 0) is 17.2 Å². The Balaban J connectivity index is 4.28. The van der Waals surface area contributed by atoms with Crippen LogP contribution in [0.25, 0.3) is 0 Å². The Bertz CT molecular complexity index is 167. The number of rotatable bonds is 1. The molecule has 2 nitrogen and oxygen atoms in total. The van der Waals surface area contributed by atoms with Crippen LogP contribution in [0.1, 0.15) is 27.2 Å². The van der Waals surface area contributed by atoms with Gasteiger partial charge in [-0.1, -0.05) is 20.8 Å². The molecule has 2 heteroatoms. The van der Waals surface area contributed by atoms with Gasteiger partial charge in [0.2, 0.25) is 0 Å². The summed E-state index contributed by atoms with van der Waals surface area (Å²) in [7, 11) is 0. The highest BCUT2D eigenvalue weighted by Crippen LogP contribution is 2.26. The normalized spacial score (nSPS) is 12.8. The maximum atomic E-state index is 8.38. The Morgan fingerprint density at radius 2 is 2.10 bits per heavy atom. The molecule has 0 amide bonds. The minimum atomic E-state index is 0.0322. The van der Waals surface area contributed by atoms with E-state index in [1.807, 2.05) is 20.8 Å². The Kier molecular flexibility index (Phi) is 2.95. The molecule has 0 radical (unpaired) electrons. The van der Waals surface area contributed by atoms with Crippen molar-refractivity contribution >= 4 is 0 Å². The fraction of sp³-hybridized carbons (Fsp3) is 0.625. The molecule has 0 aromatic heterocycles. The molecular formula is C8H14N2. The molecule has 0 aromatic rings. The van der Waals surface area contributed by atoms with Crippen molar-refractivity contribution in [2.75, 3.05) is 0 Å². The third-order valence-electron chi connectivity index (χ3n) is 1.43. The van der Waals surface area contributed by atoms with Crippen LogP contribution in [0.5, 0.6) is 0 Å². The van der Waals surface area contributed by atoms with E-state index in [2.05, 4.69) is 6.07 Å². The van der Waals surface area contributed by atoms with Gasteiger partial charge in [-0.25, -0.2) is 0 Å². The van der Waals surface area contributed by atoms with E-state index in [0.717, 1.165) is 5.57 Å². The Morgan fingerprint density at radius 3 is 2.20 bits per heavy atom. The van der Waals surface area contributed by atoms with Crippen molar-refractivity contribution in [2.45, 2.75) is 27.2 Å². The molecule has 0 saturated heterocycles. The van der Waals surface area contributed by atoms with Crippen LogP contribution in [0, 0.1) is 16.7 Å². The van der Waals surface area contributed by atoms with Gasteiger partial charge in [0.25, 0.3) is 0 Å². The maximum Gasteiger partial charge on any atom is 0.0667 e. The van der Waals surface area contributed by atoms with E-state index in [1.165, 1.54) is 6.20 Å². The van der Waals surface area contributed by atoms with Crippen LogP contribution >= 0.6 is 0 Å². The lowest BCUT2D eigenvalue weighted by atomic mass is 9.85. The van der Waals surface area contributed by atoms with E-state index >= 15 is 0 Å². The van der Waals surface area contributed by atoms with Gasteiger partial charge in [-0.2, -0.15) is 5.26 Å².